The number of ether oxygens (including phenoxy) is 2. The first-order chi connectivity index (χ1) is 9.63. The van der Waals surface area contributed by atoms with E-state index in [1.165, 1.54) is 0 Å². The van der Waals surface area contributed by atoms with Crippen molar-refractivity contribution in [2.75, 3.05) is 7.11 Å². The number of hydrogen-bond donors (Lipinski definition) is 0. The van der Waals surface area contributed by atoms with Crippen molar-refractivity contribution in [1.29, 1.82) is 0 Å². The number of benzene rings is 2. The van der Waals surface area contributed by atoms with E-state index in [0.717, 1.165) is 27.1 Å². The Balaban J connectivity index is 2.14. The highest BCUT2D eigenvalue weighted by Crippen LogP contribution is 2.28. The highest BCUT2D eigenvalue weighted by Gasteiger charge is 2.07. The van der Waals surface area contributed by atoms with Gasteiger partial charge in [-0.2, -0.15) is 0 Å². The summed E-state index contributed by atoms with van der Waals surface area (Å²) in [6, 6.07) is 11.5. The summed E-state index contributed by atoms with van der Waals surface area (Å²) in [7, 11) is 1.65. The highest BCUT2D eigenvalue weighted by molar-refractivity contribution is 9.10. The molecule has 5 heteroatoms. The van der Waals surface area contributed by atoms with Gasteiger partial charge in [0, 0.05) is 26.0 Å². The predicted molar refractivity (Wildman–Crippen MR) is 89.1 cm³/mol. The van der Waals surface area contributed by atoms with Crippen LogP contribution in [0.3, 0.4) is 0 Å². The van der Waals surface area contributed by atoms with Gasteiger partial charge in [0.15, 0.2) is 0 Å². The lowest BCUT2D eigenvalue weighted by Crippen LogP contribution is -1.99. The molecule has 0 aliphatic heterocycles. The Bertz CT molecular complexity index is 602. The van der Waals surface area contributed by atoms with Crippen molar-refractivity contribution in [1.82, 2.24) is 0 Å². The summed E-state index contributed by atoms with van der Waals surface area (Å²) < 4.78 is 12.0. The lowest BCUT2D eigenvalue weighted by Gasteiger charge is -2.12. The van der Waals surface area contributed by atoms with Gasteiger partial charge in [-0.1, -0.05) is 49.5 Å². The van der Waals surface area contributed by atoms with E-state index in [2.05, 4.69) is 31.9 Å². The van der Waals surface area contributed by atoms with Crippen molar-refractivity contribution >= 4 is 43.5 Å². The average molecular weight is 421 g/mol. The molecule has 0 atom stereocenters. The van der Waals surface area contributed by atoms with E-state index >= 15 is 0 Å². The molecule has 0 unspecified atom stereocenters. The molecule has 20 heavy (non-hydrogen) atoms. The second-order valence-corrected chi connectivity index (χ2v) is 6.02. The quantitative estimate of drug-likeness (QED) is 0.588. The number of halogens is 3. The van der Waals surface area contributed by atoms with Crippen LogP contribution in [-0.2, 0) is 11.9 Å². The second-order valence-electron chi connectivity index (χ2n) is 4.13. The number of rotatable bonds is 5. The molecule has 2 aromatic carbocycles. The molecule has 0 N–H and O–H groups in total. The minimum absolute atomic E-state index is 0.429. The fourth-order valence-corrected chi connectivity index (χ4v) is 2.89. The van der Waals surface area contributed by atoms with Crippen molar-refractivity contribution in [2.45, 2.75) is 11.9 Å². The third-order valence-corrected chi connectivity index (χ3v) is 4.26. The van der Waals surface area contributed by atoms with Crippen LogP contribution >= 0.6 is 43.5 Å². The molecular formula is C15H13Br2ClO2. The summed E-state index contributed by atoms with van der Waals surface area (Å²) in [6.45, 7) is 0.429. The average Bonchev–Trinajstić information content (AvgIpc) is 2.46. The number of methoxy groups -OCH3 is 1. The Hall–Kier alpha value is -0.710. The Morgan fingerprint density at radius 3 is 2.55 bits per heavy atom. The van der Waals surface area contributed by atoms with Crippen LogP contribution in [0.25, 0.3) is 0 Å². The molecular weight excluding hydrogens is 407 g/mol. The highest BCUT2D eigenvalue weighted by atomic mass is 79.9. The maximum absolute atomic E-state index is 6.18. The fourth-order valence-electron chi connectivity index (χ4n) is 1.72. The Morgan fingerprint density at radius 2 is 1.90 bits per heavy atom. The Morgan fingerprint density at radius 1 is 1.10 bits per heavy atom. The summed E-state index contributed by atoms with van der Waals surface area (Å²) in [6.07, 6.45) is 0. The maximum Gasteiger partial charge on any atom is 0.124 e. The van der Waals surface area contributed by atoms with Gasteiger partial charge in [-0.3, -0.25) is 0 Å². The molecule has 0 aromatic heterocycles. The third kappa shape index (κ3) is 3.90. The van der Waals surface area contributed by atoms with Crippen LogP contribution in [-0.4, -0.2) is 7.11 Å². The molecule has 0 radical (unpaired) electrons. The van der Waals surface area contributed by atoms with Gasteiger partial charge in [-0.25, -0.2) is 0 Å². The van der Waals surface area contributed by atoms with Gasteiger partial charge in [0.25, 0.3) is 0 Å². The van der Waals surface area contributed by atoms with E-state index in [9.17, 15) is 0 Å². The first-order valence-electron chi connectivity index (χ1n) is 5.93. The molecule has 2 rings (SSSR count). The topological polar surface area (TPSA) is 18.5 Å². The van der Waals surface area contributed by atoms with Crippen molar-refractivity contribution in [3.05, 3.63) is 57.0 Å². The maximum atomic E-state index is 6.18. The molecule has 0 fully saturated rings. The molecule has 0 amide bonds. The summed E-state index contributed by atoms with van der Waals surface area (Å²) in [5.41, 5.74) is 1.99. The van der Waals surface area contributed by atoms with E-state index in [1.54, 1.807) is 7.11 Å². The minimum atomic E-state index is 0.429. The lowest BCUT2D eigenvalue weighted by molar-refractivity contribution is 0.303. The van der Waals surface area contributed by atoms with Gasteiger partial charge in [0.1, 0.15) is 18.1 Å². The molecule has 0 heterocycles. The first kappa shape index (κ1) is 15.7. The summed E-state index contributed by atoms with van der Waals surface area (Å²) >= 11 is 13.0. The monoisotopic (exact) mass is 418 g/mol. The van der Waals surface area contributed by atoms with Gasteiger partial charge in [-0.15, -0.1) is 0 Å². The summed E-state index contributed by atoms with van der Waals surface area (Å²) in [5, 5.41) is 1.39. The molecule has 0 aliphatic rings. The third-order valence-electron chi connectivity index (χ3n) is 2.81. The zero-order chi connectivity index (χ0) is 14.5. The van der Waals surface area contributed by atoms with Crippen molar-refractivity contribution in [2.24, 2.45) is 0 Å². The van der Waals surface area contributed by atoms with E-state index in [0.29, 0.717) is 17.0 Å². The van der Waals surface area contributed by atoms with Gasteiger partial charge >= 0.3 is 0 Å². The van der Waals surface area contributed by atoms with Crippen molar-refractivity contribution in [3.8, 4) is 11.5 Å². The second kappa shape index (κ2) is 7.34. The predicted octanol–water partition coefficient (Wildman–Crippen LogP) is 5.59. The standard InChI is InChI=1S/C15H13Br2ClO2/c1-19-13-4-5-15(11(6-13)8-16)20-9-10-2-3-12(17)7-14(10)18/h2-7H,8-9H2,1H3. The Labute approximate surface area is 140 Å². The first-order valence-corrected chi connectivity index (χ1v) is 8.23. The van der Waals surface area contributed by atoms with Crippen molar-refractivity contribution < 1.29 is 9.47 Å². The molecule has 2 aromatic rings. The van der Waals surface area contributed by atoms with Crippen LogP contribution in [0.2, 0.25) is 5.02 Å². The van der Waals surface area contributed by atoms with Crippen molar-refractivity contribution in [3.63, 3.8) is 0 Å². The lowest BCUT2D eigenvalue weighted by atomic mass is 10.2. The zero-order valence-corrected chi connectivity index (χ0v) is 14.8. The fraction of sp³-hybridized carbons (Fsp3) is 0.200. The molecule has 106 valence electrons. The normalized spacial score (nSPS) is 10.4. The molecule has 0 saturated heterocycles. The van der Waals surface area contributed by atoms with Crippen LogP contribution in [0.5, 0.6) is 11.5 Å². The zero-order valence-electron chi connectivity index (χ0n) is 10.8. The van der Waals surface area contributed by atoms with Crippen LogP contribution in [0.1, 0.15) is 11.1 Å². The van der Waals surface area contributed by atoms with E-state index < -0.39 is 0 Å². The minimum Gasteiger partial charge on any atom is -0.497 e. The van der Waals surface area contributed by atoms with Crippen LogP contribution < -0.4 is 9.47 Å². The van der Waals surface area contributed by atoms with Gasteiger partial charge in [0.05, 0.1) is 7.11 Å². The summed E-state index contributed by atoms with van der Waals surface area (Å²) in [5.74, 6) is 1.63. The molecule has 2 nitrogen and oxygen atoms in total. The molecule has 0 aliphatic carbocycles. The number of hydrogen-bond acceptors (Lipinski definition) is 2. The van der Waals surface area contributed by atoms with Gasteiger partial charge in [-0.05, 0) is 30.3 Å². The van der Waals surface area contributed by atoms with Crippen LogP contribution in [0, 0.1) is 0 Å². The van der Waals surface area contributed by atoms with E-state index in [4.69, 9.17) is 21.1 Å². The smallest absolute Gasteiger partial charge is 0.124 e. The van der Waals surface area contributed by atoms with E-state index in [-0.39, 0.29) is 0 Å². The molecule has 0 saturated carbocycles. The van der Waals surface area contributed by atoms with Crippen LogP contribution in [0.15, 0.2) is 40.9 Å². The Kier molecular flexibility index (Phi) is 5.75. The summed E-state index contributed by atoms with van der Waals surface area (Å²) in [4.78, 5) is 0. The van der Waals surface area contributed by atoms with E-state index in [1.807, 2.05) is 36.4 Å². The largest absolute Gasteiger partial charge is 0.497 e. The SMILES string of the molecule is COc1ccc(OCc2ccc(Br)cc2Cl)c(CBr)c1. The van der Waals surface area contributed by atoms with Gasteiger partial charge < -0.3 is 9.47 Å². The van der Waals surface area contributed by atoms with Gasteiger partial charge in [0.2, 0.25) is 0 Å². The molecule has 0 spiro atoms. The van der Waals surface area contributed by atoms with Crippen LogP contribution in [0.4, 0.5) is 0 Å². The molecule has 0 bridgehead atoms. The number of alkyl halides is 1.